The lowest BCUT2D eigenvalue weighted by molar-refractivity contribution is 0.0268. The molecule has 88 valence electrons. The number of aliphatic hydroxyl groups is 1. The molecule has 1 aromatic heterocycles. The average molecular weight is 222 g/mol. The number of rotatable bonds is 4. The topological polar surface area (TPSA) is 54.4 Å². The van der Waals surface area contributed by atoms with Crippen molar-refractivity contribution in [3.8, 4) is 0 Å². The molecule has 2 N–H and O–H groups in total. The van der Waals surface area contributed by atoms with E-state index in [0.717, 1.165) is 5.69 Å². The van der Waals surface area contributed by atoms with E-state index in [4.69, 9.17) is 4.74 Å². The van der Waals surface area contributed by atoms with Crippen molar-refractivity contribution in [1.82, 2.24) is 10.3 Å². The molecule has 2 rings (SSSR count). The highest BCUT2D eigenvalue weighted by Gasteiger charge is 2.31. The first kappa shape index (κ1) is 11.5. The molecule has 0 spiro atoms. The molecule has 4 heteroatoms. The van der Waals surface area contributed by atoms with Crippen LogP contribution in [0.4, 0.5) is 0 Å². The standard InChI is InChI=1S/C12H18N2O2/c1-10-3-2-5-14-11(10)7-13-8-12(15)4-6-16-9-12/h2-3,5,13,15H,4,6-9H2,1H3. The summed E-state index contributed by atoms with van der Waals surface area (Å²) >= 11 is 0. The number of pyridine rings is 1. The van der Waals surface area contributed by atoms with Gasteiger partial charge in [-0.3, -0.25) is 4.98 Å². The van der Waals surface area contributed by atoms with Gasteiger partial charge in [-0.25, -0.2) is 0 Å². The van der Waals surface area contributed by atoms with E-state index in [1.807, 2.05) is 19.1 Å². The third kappa shape index (κ3) is 2.78. The number of nitrogens with one attached hydrogen (secondary N) is 1. The second-order valence-corrected chi connectivity index (χ2v) is 4.40. The molecule has 4 nitrogen and oxygen atoms in total. The van der Waals surface area contributed by atoms with Crippen LogP contribution in [0.2, 0.25) is 0 Å². The maximum absolute atomic E-state index is 10.0. The van der Waals surface area contributed by atoms with Gasteiger partial charge in [0.15, 0.2) is 0 Å². The largest absolute Gasteiger partial charge is 0.386 e. The monoisotopic (exact) mass is 222 g/mol. The van der Waals surface area contributed by atoms with Crippen LogP contribution in [-0.4, -0.2) is 35.5 Å². The number of aromatic nitrogens is 1. The maximum atomic E-state index is 10.0. The smallest absolute Gasteiger partial charge is 0.103 e. The minimum absolute atomic E-state index is 0.432. The molecule has 0 saturated carbocycles. The lowest BCUT2D eigenvalue weighted by Crippen LogP contribution is -2.40. The lowest BCUT2D eigenvalue weighted by Gasteiger charge is -2.20. The Balaban J connectivity index is 1.82. The summed E-state index contributed by atoms with van der Waals surface area (Å²) in [4.78, 5) is 4.29. The number of nitrogens with zero attached hydrogens (tertiary/aromatic N) is 1. The minimum Gasteiger partial charge on any atom is -0.386 e. The fraction of sp³-hybridized carbons (Fsp3) is 0.583. The molecule has 2 heterocycles. The number of aryl methyl sites for hydroxylation is 1. The predicted octanol–water partition coefficient (Wildman–Crippen LogP) is 0.631. The fourth-order valence-electron chi connectivity index (χ4n) is 1.85. The van der Waals surface area contributed by atoms with E-state index in [-0.39, 0.29) is 0 Å². The van der Waals surface area contributed by atoms with Crippen molar-refractivity contribution in [3.63, 3.8) is 0 Å². The van der Waals surface area contributed by atoms with Gasteiger partial charge in [0.2, 0.25) is 0 Å². The van der Waals surface area contributed by atoms with Crippen molar-refractivity contribution in [3.05, 3.63) is 29.6 Å². The number of hydrogen-bond donors (Lipinski definition) is 2. The van der Waals surface area contributed by atoms with E-state index >= 15 is 0 Å². The Hall–Kier alpha value is -0.970. The van der Waals surface area contributed by atoms with Crippen LogP contribution in [0.15, 0.2) is 18.3 Å². The Kier molecular flexibility index (Phi) is 3.53. The van der Waals surface area contributed by atoms with Crippen LogP contribution in [0, 0.1) is 6.92 Å². The molecule has 0 radical (unpaired) electrons. The van der Waals surface area contributed by atoms with Gasteiger partial charge < -0.3 is 15.2 Å². The molecule has 0 aliphatic carbocycles. The molecule has 1 aliphatic heterocycles. The van der Waals surface area contributed by atoms with Crippen LogP contribution in [-0.2, 0) is 11.3 Å². The summed E-state index contributed by atoms with van der Waals surface area (Å²) < 4.78 is 5.18. The zero-order valence-electron chi connectivity index (χ0n) is 9.57. The van der Waals surface area contributed by atoms with E-state index in [1.54, 1.807) is 6.20 Å². The third-order valence-electron chi connectivity index (χ3n) is 2.95. The van der Waals surface area contributed by atoms with Crippen molar-refractivity contribution in [2.75, 3.05) is 19.8 Å². The number of hydrogen-bond acceptors (Lipinski definition) is 4. The van der Waals surface area contributed by atoms with Gasteiger partial charge >= 0.3 is 0 Å². The molecule has 1 unspecified atom stereocenters. The molecule has 1 aromatic rings. The SMILES string of the molecule is Cc1cccnc1CNCC1(O)CCOC1. The van der Waals surface area contributed by atoms with Gasteiger partial charge in [0.25, 0.3) is 0 Å². The first-order valence-corrected chi connectivity index (χ1v) is 5.61. The minimum atomic E-state index is -0.692. The molecule has 0 bridgehead atoms. The lowest BCUT2D eigenvalue weighted by atomic mass is 10.0. The Morgan fingerprint density at radius 2 is 2.50 bits per heavy atom. The third-order valence-corrected chi connectivity index (χ3v) is 2.95. The van der Waals surface area contributed by atoms with E-state index in [0.29, 0.717) is 32.7 Å². The Morgan fingerprint density at radius 3 is 3.19 bits per heavy atom. The molecule has 1 aliphatic rings. The number of ether oxygens (including phenoxy) is 1. The van der Waals surface area contributed by atoms with E-state index < -0.39 is 5.60 Å². The van der Waals surface area contributed by atoms with Gasteiger partial charge in [0.05, 0.1) is 12.3 Å². The Bertz CT molecular complexity index is 349. The van der Waals surface area contributed by atoms with Crippen LogP contribution in [0.5, 0.6) is 0 Å². The van der Waals surface area contributed by atoms with Crippen LogP contribution in [0.3, 0.4) is 0 Å². The molecular weight excluding hydrogens is 204 g/mol. The van der Waals surface area contributed by atoms with Crippen molar-refractivity contribution in [2.24, 2.45) is 0 Å². The summed E-state index contributed by atoms with van der Waals surface area (Å²) in [5.41, 5.74) is 1.51. The van der Waals surface area contributed by atoms with Gasteiger partial charge in [-0.05, 0) is 18.6 Å². The van der Waals surface area contributed by atoms with Gasteiger partial charge in [0, 0.05) is 32.3 Å². The second kappa shape index (κ2) is 4.91. The van der Waals surface area contributed by atoms with Crippen LogP contribution < -0.4 is 5.32 Å². The average Bonchev–Trinajstić information content (AvgIpc) is 2.68. The first-order valence-electron chi connectivity index (χ1n) is 5.61. The molecule has 16 heavy (non-hydrogen) atoms. The summed E-state index contributed by atoms with van der Waals surface area (Å²) in [5.74, 6) is 0. The van der Waals surface area contributed by atoms with Crippen LogP contribution in [0.25, 0.3) is 0 Å². The quantitative estimate of drug-likeness (QED) is 0.784. The Morgan fingerprint density at radius 1 is 1.62 bits per heavy atom. The van der Waals surface area contributed by atoms with Crippen molar-refractivity contribution in [1.29, 1.82) is 0 Å². The summed E-state index contributed by atoms with van der Waals surface area (Å²) in [6, 6.07) is 3.97. The molecule has 0 aromatic carbocycles. The predicted molar refractivity (Wildman–Crippen MR) is 61.1 cm³/mol. The fourth-order valence-corrected chi connectivity index (χ4v) is 1.85. The zero-order chi connectivity index (χ0) is 11.4. The first-order chi connectivity index (χ1) is 7.70. The zero-order valence-corrected chi connectivity index (χ0v) is 9.57. The van der Waals surface area contributed by atoms with Crippen molar-refractivity contribution < 1.29 is 9.84 Å². The highest BCUT2D eigenvalue weighted by atomic mass is 16.5. The van der Waals surface area contributed by atoms with Crippen molar-refractivity contribution >= 4 is 0 Å². The molecule has 0 amide bonds. The molecule has 1 fully saturated rings. The molecule has 1 atom stereocenters. The van der Waals surface area contributed by atoms with E-state index in [2.05, 4.69) is 10.3 Å². The summed E-state index contributed by atoms with van der Waals surface area (Å²) in [6.07, 6.45) is 2.50. The van der Waals surface area contributed by atoms with Crippen molar-refractivity contribution in [2.45, 2.75) is 25.5 Å². The van der Waals surface area contributed by atoms with Crippen LogP contribution in [0.1, 0.15) is 17.7 Å². The highest BCUT2D eigenvalue weighted by Crippen LogP contribution is 2.17. The maximum Gasteiger partial charge on any atom is 0.103 e. The highest BCUT2D eigenvalue weighted by molar-refractivity contribution is 5.17. The van der Waals surface area contributed by atoms with E-state index in [1.165, 1.54) is 5.56 Å². The van der Waals surface area contributed by atoms with Crippen LogP contribution >= 0.6 is 0 Å². The second-order valence-electron chi connectivity index (χ2n) is 4.40. The molecule has 1 saturated heterocycles. The summed E-state index contributed by atoms with van der Waals surface area (Å²) in [7, 11) is 0. The van der Waals surface area contributed by atoms with Gasteiger partial charge in [0.1, 0.15) is 5.60 Å². The summed E-state index contributed by atoms with van der Waals surface area (Å²) in [5, 5.41) is 13.3. The normalized spacial score (nSPS) is 24.9. The van der Waals surface area contributed by atoms with Gasteiger partial charge in [-0.1, -0.05) is 6.07 Å². The Labute approximate surface area is 95.7 Å². The molecular formula is C12H18N2O2. The van der Waals surface area contributed by atoms with Gasteiger partial charge in [-0.2, -0.15) is 0 Å². The van der Waals surface area contributed by atoms with E-state index in [9.17, 15) is 5.11 Å². The summed E-state index contributed by atoms with van der Waals surface area (Å²) in [6.45, 7) is 4.37. The van der Waals surface area contributed by atoms with Gasteiger partial charge in [-0.15, -0.1) is 0 Å².